The van der Waals surface area contributed by atoms with Crippen molar-refractivity contribution in [3.05, 3.63) is 38.8 Å². The van der Waals surface area contributed by atoms with Gasteiger partial charge in [-0.15, -0.1) is 35.3 Å². The molecule has 2 rings (SSSR count). The Kier molecular flexibility index (Phi) is 7.52. The molecule has 0 spiro atoms. The maximum absolute atomic E-state index is 4.79. The summed E-state index contributed by atoms with van der Waals surface area (Å²) in [5, 5.41) is 7.10. The van der Waals surface area contributed by atoms with E-state index in [1.165, 1.54) is 4.88 Å². The molecule has 0 aliphatic heterocycles. The molecule has 0 radical (unpaired) electrons. The van der Waals surface area contributed by atoms with Crippen LogP contribution in [0, 0.1) is 0 Å². The van der Waals surface area contributed by atoms with E-state index in [2.05, 4.69) is 48.4 Å². The Morgan fingerprint density at radius 1 is 1.50 bits per heavy atom. The average Bonchev–Trinajstić information content (AvgIpc) is 3.02. The van der Waals surface area contributed by atoms with Gasteiger partial charge in [0.25, 0.3) is 0 Å². The summed E-state index contributed by atoms with van der Waals surface area (Å²) in [6.45, 7) is 1.41. The molecule has 1 N–H and O–H groups in total. The van der Waals surface area contributed by atoms with Gasteiger partial charge < -0.3 is 14.7 Å². The lowest BCUT2D eigenvalue weighted by molar-refractivity contribution is 0.409. The molecule has 0 amide bonds. The minimum absolute atomic E-state index is 0. The highest BCUT2D eigenvalue weighted by Crippen LogP contribution is 2.22. The van der Waals surface area contributed by atoms with Crippen molar-refractivity contribution >= 4 is 57.2 Å². The largest absolute Gasteiger partial charge is 0.364 e. The van der Waals surface area contributed by atoms with Gasteiger partial charge >= 0.3 is 0 Å². The molecular weight excluding hydrogens is 455 g/mol. The standard InChI is InChI=1S/C12H15BrN4OS.HI/c1-14-12(15-7-9-5-6-18-16-9)17(2)8-10-3-4-11(13)19-10;/h3-6H,7-8H2,1-2H3,(H,14,15);1H. The van der Waals surface area contributed by atoms with Crippen LogP contribution in [-0.4, -0.2) is 30.1 Å². The highest BCUT2D eigenvalue weighted by Gasteiger charge is 2.08. The zero-order valence-corrected chi connectivity index (χ0v) is 15.9. The van der Waals surface area contributed by atoms with Crippen molar-refractivity contribution in [3.63, 3.8) is 0 Å². The predicted octanol–water partition coefficient (Wildman–Crippen LogP) is 3.32. The minimum Gasteiger partial charge on any atom is -0.364 e. The molecule has 20 heavy (non-hydrogen) atoms. The number of rotatable bonds is 4. The Morgan fingerprint density at radius 3 is 2.85 bits per heavy atom. The lowest BCUT2D eigenvalue weighted by Crippen LogP contribution is -2.37. The van der Waals surface area contributed by atoms with Gasteiger partial charge in [0.15, 0.2) is 5.96 Å². The maximum Gasteiger partial charge on any atom is 0.194 e. The van der Waals surface area contributed by atoms with Gasteiger partial charge in [0.2, 0.25) is 0 Å². The molecule has 2 aromatic heterocycles. The third-order valence-corrected chi connectivity index (χ3v) is 4.12. The normalized spacial score (nSPS) is 11.1. The average molecular weight is 471 g/mol. The van der Waals surface area contributed by atoms with Gasteiger partial charge in [0, 0.05) is 25.0 Å². The minimum atomic E-state index is 0. The van der Waals surface area contributed by atoms with Crippen LogP contribution < -0.4 is 5.32 Å². The van der Waals surface area contributed by atoms with Crippen molar-refractivity contribution in [1.29, 1.82) is 0 Å². The van der Waals surface area contributed by atoms with Crippen LogP contribution in [0.4, 0.5) is 0 Å². The van der Waals surface area contributed by atoms with Crippen LogP contribution in [-0.2, 0) is 13.1 Å². The lowest BCUT2D eigenvalue weighted by Gasteiger charge is -2.20. The first-order chi connectivity index (χ1) is 9.19. The maximum atomic E-state index is 4.79. The number of halogens is 2. The smallest absolute Gasteiger partial charge is 0.194 e. The predicted molar refractivity (Wildman–Crippen MR) is 95.6 cm³/mol. The van der Waals surface area contributed by atoms with E-state index < -0.39 is 0 Å². The summed E-state index contributed by atoms with van der Waals surface area (Å²) in [5.74, 6) is 0.826. The van der Waals surface area contributed by atoms with E-state index in [-0.39, 0.29) is 24.0 Å². The van der Waals surface area contributed by atoms with Crippen LogP contribution in [0.15, 0.2) is 37.8 Å². The summed E-state index contributed by atoms with van der Waals surface area (Å²) >= 11 is 5.19. The SMILES string of the molecule is CN=C(NCc1ccon1)N(C)Cc1ccc(Br)s1.I. The quantitative estimate of drug-likeness (QED) is 0.423. The first-order valence-corrected chi connectivity index (χ1v) is 7.35. The van der Waals surface area contributed by atoms with Crippen LogP contribution in [0.25, 0.3) is 0 Å². The first-order valence-electron chi connectivity index (χ1n) is 5.74. The molecule has 0 atom stereocenters. The molecule has 8 heteroatoms. The first kappa shape index (κ1) is 17.4. The van der Waals surface area contributed by atoms with Crippen molar-refractivity contribution in [2.75, 3.05) is 14.1 Å². The summed E-state index contributed by atoms with van der Waals surface area (Å²) in [6.07, 6.45) is 1.56. The summed E-state index contributed by atoms with van der Waals surface area (Å²) in [5.41, 5.74) is 0.855. The highest BCUT2D eigenvalue weighted by molar-refractivity contribution is 14.0. The molecule has 2 aromatic rings. The second kappa shape index (κ2) is 8.63. The zero-order chi connectivity index (χ0) is 13.7. The van der Waals surface area contributed by atoms with E-state index in [0.29, 0.717) is 6.54 Å². The van der Waals surface area contributed by atoms with Crippen molar-refractivity contribution in [2.45, 2.75) is 13.1 Å². The van der Waals surface area contributed by atoms with Gasteiger partial charge in [0.05, 0.1) is 16.9 Å². The Bertz CT molecular complexity index is 543. The van der Waals surface area contributed by atoms with E-state index in [1.54, 1.807) is 24.6 Å². The monoisotopic (exact) mass is 470 g/mol. The molecule has 2 heterocycles. The summed E-state index contributed by atoms with van der Waals surface area (Å²) in [6, 6.07) is 5.99. The number of nitrogens with one attached hydrogen (secondary N) is 1. The van der Waals surface area contributed by atoms with Crippen molar-refractivity contribution in [1.82, 2.24) is 15.4 Å². The fourth-order valence-corrected chi connectivity index (χ4v) is 3.17. The van der Waals surface area contributed by atoms with E-state index in [9.17, 15) is 0 Å². The van der Waals surface area contributed by atoms with Gasteiger partial charge in [-0.3, -0.25) is 4.99 Å². The van der Waals surface area contributed by atoms with Gasteiger partial charge in [-0.25, -0.2) is 0 Å². The third-order valence-electron chi connectivity index (χ3n) is 2.51. The number of thiophene rings is 1. The van der Waals surface area contributed by atoms with Gasteiger partial charge in [0.1, 0.15) is 12.0 Å². The molecule has 0 saturated carbocycles. The molecule has 0 fully saturated rings. The Hall–Kier alpha value is -0.610. The fraction of sp³-hybridized carbons (Fsp3) is 0.333. The van der Waals surface area contributed by atoms with Crippen molar-refractivity contribution in [2.24, 2.45) is 4.99 Å². The molecule has 0 aliphatic carbocycles. The van der Waals surface area contributed by atoms with E-state index in [1.807, 2.05) is 13.1 Å². The van der Waals surface area contributed by atoms with E-state index in [0.717, 1.165) is 22.0 Å². The number of aromatic nitrogens is 1. The molecule has 0 aromatic carbocycles. The van der Waals surface area contributed by atoms with E-state index in [4.69, 9.17) is 4.52 Å². The summed E-state index contributed by atoms with van der Waals surface area (Å²) in [7, 11) is 3.78. The summed E-state index contributed by atoms with van der Waals surface area (Å²) in [4.78, 5) is 7.60. The van der Waals surface area contributed by atoms with Crippen LogP contribution in [0.3, 0.4) is 0 Å². The molecule has 0 saturated heterocycles. The molecular formula is C12H16BrIN4OS. The number of hydrogen-bond donors (Lipinski definition) is 1. The number of hydrogen-bond acceptors (Lipinski definition) is 4. The van der Waals surface area contributed by atoms with Gasteiger partial charge in [-0.1, -0.05) is 5.16 Å². The van der Waals surface area contributed by atoms with Gasteiger partial charge in [-0.05, 0) is 28.1 Å². The molecule has 5 nitrogen and oxygen atoms in total. The van der Waals surface area contributed by atoms with Crippen LogP contribution in [0.5, 0.6) is 0 Å². The van der Waals surface area contributed by atoms with Crippen molar-refractivity contribution < 1.29 is 4.52 Å². The number of nitrogens with zero attached hydrogens (tertiary/aromatic N) is 3. The topological polar surface area (TPSA) is 53.7 Å². The highest BCUT2D eigenvalue weighted by atomic mass is 127. The fourth-order valence-electron chi connectivity index (χ4n) is 1.63. The molecule has 110 valence electrons. The Morgan fingerprint density at radius 2 is 2.30 bits per heavy atom. The number of guanidine groups is 1. The number of aliphatic imine (C=N–C) groups is 1. The molecule has 0 bridgehead atoms. The third kappa shape index (κ3) is 5.06. The van der Waals surface area contributed by atoms with Crippen LogP contribution in [0.1, 0.15) is 10.6 Å². The van der Waals surface area contributed by atoms with Crippen LogP contribution >= 0.6 is 51.2 Å². The zero-order valence-electron chi connectivity index (χ0n) is 11.2. The second-order valence-electron chi connectivity index (χ2n) is 3.95. The van der Waals surface area contributed by atoms with Gasteiger partial charge in [-0.2, -0.15) is 0 Å². The Labute approximate surface area is 147 Å². The van der Waals surface area contributed by atoms with Crippen LogP contribution in [0.2, 0.25) is 0 Å². The lowest BCUT2D eigenvalue weighted by atomic mass is 10.4. The summed E-state index contributed by atoms with van der Waals surface area (Å²) < 4.78 is 5.93. The Balaban J connectivity index is 0.00000200. The van der Waals surface area contributed by atoms with Crippen molar-refractivity contribution in [3.8, 4) is 0 Å². The molecule has 0 aliphatic rings. The van der Waals surface area contributed by atoms with E-state index >= 15 is 0 Å². The second-order valence-corrected chi connectivity index (χ2v) is 6.50. The molecule has 0 unspecified atom stereocenters.